The number of hydrogen-bond acceptors (Lipinski definition) is 4. The normalized spacial score (nSPS) is 12.0. The van der Waals surface area contributed by atoms with E-state index >= 15 is 0 Å². The summed E-state index contributed by atoms with van der Waals surface area (Å²) in [6.07, 6.45) is 0. The predicted octanol–water partition coefficient (Wildman–Crippen LogP) is 4.66. The number of benzene rings is 3. The molecule has 1 atom stereocenters. The van der Waals surface area contributed by atoms with Gasteiger partial charge >= 0.3 is 0 Å². The third-order valence-electron chi connectivity index (χ3n) is 5.63. The predicted molar refractivity (Wildman–Crippen MR) is 143 cm³/mol. The third kappa shape index (κ3) is 6.57. The summed E-state index contributed by atoms with van der Waals surface area (Å²) in [6.45, 7) is 2.97. The first kappa shape index (κ1) is 27.5. The second-order valence-corrected chi connectivity index (χ2v) is 11.0. The van der Waals surface area contributed by atoms with E-state index in [0.29, 0.717) is 21.3 Å². The number of nitrogens with one attached hydrogen (secondary N) is 1. The highest BCUT2D eigenvalue weighted by Gasteiger charge is 2.32. The van der Waals surface area contributed by atoms with Crippen LogP contribution in [0.25, 0.3) is 0 Å². The lowest BCUT2D eigenvalue weighted by atomic mass is 10.1. The summed E-state index contributed by atoms with van der Waals surface area (Å²) in [5.74, 6) is -0.932. The number of anilines is 1. The number of aryl methyl sites for hydroxylation is 1. The van der Waals surface area contributed by atoms with Crippen molar-refractivity contribution < 1.29 is 18.0 Å². The maximum absolute atomic E-state index is 13.7. The molecule has 0 saturated carbocycles. The number of amides is 2. The molecule has 0 unspecified atom stereocenters. The third-order valence-corrected chi connectivity index (χ3v) is 7.90. The lowest BCUT2D eigenvalue weighted by molar-refractivity contribution is -0.139. The summed E-state index contributed by atoms with van der Waals surface area (Å²) in [5.41, 5.74) is 1.86. The monoisotopic (exact) mass is 547 g/mol. The zero-order valence-corrected chi connectivity index (χ0v) is 22.4. The van der Waals surface area contributed by atoms with Gasteiger partial charge in [0.2, 0.25) is 11.8 Å². The average Bonchev–Trinajstić information content (AvgIpc) is 2.85. The molecule has 0 saturated heterocycles. The van der Waals surface area contributed by atoms with E-state index in [1.54, 1.807) is 49.4 Å². The van der Waals surface area contributed by atoms with Gasteiger partial charge in [0.05, 0.1) is 10.6 Å². The Labute approximate surface area is 221 Å². The molecule has 0 bridgehead atoms. The van der Waals surface area contributed by atoms with Crippen LogP contribution in [0.2, 0.25) is 10.0 Å². The second kappa shape index (κ2) is 11.8. The Balaban J connectivity index is 2.03. The molecule has 3 aromatic carbocycles. The van der Waals surface area contributed by atoms with Crippen LogP contribution in [0.1, 0.15) is 18.1 Å². The molecule has 0 aromatic heterocycles. The Morgan fingerprint density at radius 1 is 0.944 bits per heavy atom. The number of carbonyl (C=O) groups is 2. The van der Waals surface area contributed by atoms with Crippen LogP contribution in [0.3, 0.4) is 0 Å². The molecule has 0 aliphatic heterocycles. The lowest BCUT2D eigenvalue weighted by Crippen LogP contribution is -2.50. The van der Waals surface area contributed by atoms with E-state index in [2.05, 4.69) is 5.32 Å². The first-order valence-corrected chi connectivity index (χ1v) is 13.3. The van der Waals surface area contributed by atoms with Crippen molar-refractivity contribution in [1.82, 2.24) is 10.2 Å². The highest BCUT2D eigenvalue weighted by atomic mass is 35.5. The van der Waals surface area contributed by atoms with E-state index in [4.69, 9.17) is 23.2 Å². The molecular formula is C26H27Cl2N3O4S. The maximum Gasteiger partial charge on any atom is 0.264 e. The van der Waals surface area contributed by atoms with E-state index in [-0.39, 0.29) is 17.3 Å². The molecule has 0 aliphatic rings. The van der Waals surface area contributed by atoms with Gasteiger partial charge in [-0.1, -0.05) is 47.5 Å². The Bertz CT molecular complexity index is 1350. The fraction of sp³-hybridized carbons (Fsp3) is 0.231. The molecular weight excluding hydrogens is 521 g/mol. The maximum atomic E-state index is 13.7. The summed E-state index contributed by atoms with van der Waals surface area (Å²) in [6, 6.07) is 18.7. The molecule has 190 valence electrons. The Kier molecular flexibility index (Phi) is 9.00. The molecule has 0 heterocycles. The smallest absolute Gasteiger partial charge is 0.264 e. The number of nitrogens with zero attached hydrogens (tertiary/aromatic N) is 2. The van der Waals surface area contributed by atoms with Gasteiger partial charge in [-0.25, -0.2) is 8.42 Å². The molecule has 0 fully saturated rings. The number of sulfonamides is 1. The van der Waals surface area contributed by atoms with Crippen molar-refractivity contribution in [3.05, 3.63) is 94.0 Å². The van der Waals surface area contributed by atoms with Gasteiger partial charge in [-0.15, -0.1) is 0 Å². The van der Waals surface area contributed by atoms with E-state index in [1.807, 2.05) is 13.0 Å². The largest absolute Gasteiger partial charge is 0.357 e. The quantitative estimate of drug-likeness (QED) is 0.422. The van der Waals surface area contributed by atoms with Crippen molar-refractivity contribution in [2.45, 2.75) is 31.3 Å². The van der Waals surface area contributed by atoms with Crippen LogP contribution < -0.4 is 9.62 Å². The number of carbonyl (C=O) groups excluding carboxylic acids is 2. The van der Waals surface area contributed by atoms with Crippen molar-refractivity contribution in [2.75, 3.05) is 17.9 Å². The van der Waals surface area contributed by atoms with Crippen molar-refractivity contribution in [3.63, 3.8) is 0 Å². The van der Waals surface area contributed by atoms with Gasteiger partial charge in [0.25, 0.3) is 10.0 Å². The zero-order valence-electron chi connectivity index (χ0n) is 20.1. The van der Waals surface area contributed by atoms with Crippen molar-refractivity contribution in [2.24, 2.45) is 0 Å². The van der Waals surface area contributed by atoms with Crippen LogP contribution in [0.15, 0.2) is 77.7 Å². The standard InChI is InChI=1S/C26H27Cl2N3O4S/c1-18-6-4-9-23(14-18)31(36(34,35)24-12-10-21(27)11-13-24)17-25(32)30(19(2)26(33)29-3)16-20-7-5-8-22(28)15-20/h4-15,19H,16-17H2,1-3H3,(H,29,33)/t19-/m0/s1. The SMILES string of the molecule is CNC(=O)[C@H](C)N(Cc1cccc(Cl)c1)C(=O)CN(c1cccc(C)c1)S(=O)(=O)c1ccc(Cl)cc1. The average molecular weight is 548 g/mol. The molecule has 10 heteroatoms. The van der Waals surface area contributed by atoms with Gasteiger partial charge < -0.3 is 10.2 Å². The van der Waals surface area contributed by atoms with Crippen molar-refractivity contribution >= 4 is 50.7 Å². The molecule has 2 amide bonds. The molecule has 7 nitrogen and oxygen atoms in total. The van der Waals surface area contributed by atoms with Crippen molar-refractivity contribution in [3.8, 4) is 0 Å². The summed E-state index contributed by atoms with van der Waals surface area (Å²) >= 11 is 12.1. The minimum atomic E-state index is -4.14. The molecule has 0 radical (unpaired) electrons. The van der Waals surface area contributed by atoms with Crippen LogP contribution in [-0.2, 0) is 26.2 Å². The summed E-state index contributed by atoms with van der Waals surface area (Å²) < 4.78 is 28.4. The molecule has 3 aromatic rings. The highest BCUT2D eigenvalue weighted by molar-refractivity contribution is 7.92. The van der Waals surface area contributed by atoms with Gasteiger partial charge in [-0.2, -0.15) is 0 Å². The van der Waals surface area contributed by atoms with Crippen LogP contribution in [0, 0.1) is 6.92 Å². The second-order valence-electron chi connectivity index (χ2n) is 8.25. The van der Waals surface area contributed by atoms with Gasteiger partial charge in [0.1, 0.15) is 12.6 Å². The first-order chi connectivity index (χ1) is 17.0. The fourth-order valence-electron chi connectivity index (χ4n) is 3.67. The van der Waals surface area contributed by atoms with E-state index < -0.39 is 28.5 Å². The topological polar surface area (TPSA) is 86.8 Å². The zero-order chi connectivity index (χ0) is 26.5. The van der Waals surface area contributed by atoms with Gasteiger partial charge in [0, 0.05) is 23.6 Å². The Morgan fingerprint density at radius 2 is 1.61 bits per heavy atom. The number of halogens is 2. The molecule has 0 aliphatic carbocycles. The molecule has 0 spiro atoms. The van der Waals surface area contributed by atoms with E-state index in [0.717, 1.165) is 9.87 Å². The van der Waals surface area contributed by atoms with Crippen LogP contribution in [0.5, 0.6) is 0 Å². The Morgan fingerprint density at radius 3 is 2.22 bits per heavy atom. The number of hydrogen-bond donors (Lipinski definition) is 1. The molecule has 36 heavy (non-hydrogen) atoms. The summed E-state index contributed by atoms with van der Waals surface area (Å²) in [7, 11) is -2.66. The fourth-order valence-corrected chi connectivity index (χ4v) is 5.41. The molecule has 1 N–H and O–H groups in total. The van der Waals surface area contributed by atoms with Gasteiger partial charge in [0.15, 0.2) is 0 Å². The lowest BCUT2D eigenvalue weighted by Gasteiger charge is -2.32. The minimum Gasteiger partial charge on any atom is -0.357 e. The summed E-state index contributed by atoms with van der Waals surface area (Å²) in [5, 5.41) is 3.42. The van der Waals surface area contributed by atoms with E-state index in [9.17, 15) is 18.0 Å². The Hall–Kier alpha value is -3.07. The first-order valence-electron chi connectivity index (χ1n) is 11.1. The minimum absolute atomic E-state index is 0.0121. The van der Waals surface area contributed by atoms with Gasteiger partial charge in [-0.3, -0.25) is 13.9 Å². The molecule has 3 rings (SSSR count). The van der Waals surface area contributed by atoms with Crippen LogP contribution in [0.4, 0.5) is 5.69 Å². The van der Waals surface area contributed by atoms with Gasteiger partial charge in [-0.05, 0) is 73.5 Å². The van der Waals surface area contributed by atoms with E-state index in [1.165, 1.54) is 36.2 Å². The van der Waals surface area contributed by atoms with Crippen molar-refractivity contribution in [1.29, 1.82) is 0 Å². The number of rotatable bonds is 9. The van der Waals surface area contributed by atoms with Crippen LogP contribution >= 0.6 is 23.2 Å². The number of likely N-dealkylation sites (N-methyl/N-ethyl adjacent to an activating group) is 1. The highest BCUT2D eigenvalue weighted by Crippen LogP contribution is 2.26. The summed E-state index contributed by atoms with van der Waals surface area (Å²) in [4.78, 5) is 27.5. The van der Waals surface area contributed by atoms with Crippen LogP contribution in [-0.4, -0.2) is 44.8 Å².